The molecular formula is C11H19N3O4. The van der Waals surface area contributed by atoms with E-state index in [2.05, 4.69) is 5.32 Å². The monoisotopic (exact) mass is 257 g/mol. The molecule has 7 nitrogen and oxygen atoms in total. The van der Waals surface area contributed by atoms with Crippen molar-refractivity contribution in [3.8, 4) is 0 Å². The number of carboxylic acids is 1. The van der Waals surface area contributed by atoms with Gasteiger partial charge in [-0.2, -0.15) is 0 Å². The number of nitrogens with one attached hydrogen (secondary N) is 1. The molecule has 0 atom stereocenters. The van der Waals surface area contributed by atoms with E-state index >= 15 is 0 Å². The largest absolute Gasteiger partial charge is 0.481 e. The zero-order valence-corrected chi connectivity index (χ0v) is 10.5. The molecule has 1 fully saturated rings. The first-order valence-corrected chi connectivity index (χ1v) is 5.95. The smallest absolute Gasteiger partial charge is 0.303 e. The van der Waals surface area contributed by atoms with E-state index in [0.717, 1.165) is 0 Å². The van der Waals surface area contributed by atoms with E-state index in [-0.39, 0.29) is 24.7 Å². The van der Waals surface area contributed by atoms with Crippen molar-refractivity contribution in [2.45, 2.75) is 12.8 Å². The van der Waals surface area contributed by atoms with Gasteiger partial charge < -0.3 is 15.3 Å². The maximum atomic E-state index is 11.7. The van der Waals surface area contributed by atoms with Crippen molar-refractivity contribution >= 4 is 17.8 Å². The van der Waals surface area contributed by atoms with Gasteiger partial charge in [-0.15, -0.1) is 0 Å². The van der Waals surface area contributed by atoms with Gasteiger partial charge >= 0.3 is 5.97 Å². The van der Waals surface area contributed by atoms with Gasteiger partial charge in [0, 0.05) is 39.6 Å². The fraction of sp³-hybridized carbons (Fsp3) is 0.727. The summed E-state index contributed by atoms with van der Waals surface area (Å²) in [6.07, 6.45) is -0.0813. The van der Waals surface area contributed by atoms with Crippen LogP contribution in [0.1, 0.15) is 12.8 Å². The Labute approximate surface area is 106 Å². The zero-order chi connectivity index (χ0) is 13.5. The maximum absolute atomic E-state index is 11.7. The standard InChI is InChI=1S/C11H19N3O4/c1-12-9(15)8-13-4-6-14(7-5-13)10(16)2-3-11(17)18/h2-8H2,1H3,(H,12,15)(H,17,18). The number of carbonyl (C=O) groups excluding carboxylic acids is 2. The number of amides is 2. The second kappa shape index (κ2) is 6.95. The molecular weight excluding hydrogens is 238 g/mol. The third-order valence-corrected chi connectivity index (χ3v) is 2.92. The van der Waals surface area contributed by atoms with Crippen LogP contribution in [0.4, 0.5) is 0 Å². The van der Waals surface area contributed by atoms with Crippen LogP contribution in [0.2, 0.25) is 0 Å². The van der Waals surface area contributed by atoms with Crippen LogP contribution in [-0.2, 0) is 14.4 Å². The number of carboxylic acid groups (broad SMARTS) is 1. The number of nitrogens with zero attached hydrogens (tertiary/aromatic N) is 2. The topological polar surface area (TPSA) is 90.0 Å². The number of aliphatic carboxylic acids is 1. The van der Waals surface area contributed by atoms with Gasteiger partial charge in [-0.3, -0.25) is 19.3 Å². The Morgan fingerprint density at radius 1 is 1.11 bits per heavy atom. The average Bonchev–Trinajstić information content (AvgIpc) is 2.36. The summed E-state index contributed by atoms with van der Waals surface area (Å²) in [5, 5.41) is 11.1. The molecule has 0 bridgehead atoms. The van der Waals surface area contributed by atoms with Gasteiger partial charge in [0.25, 0.3) is 0 Å². The molecule has 0 aromatic rings. The van der Waals surface area contributed by atoms with Crippen LogP contribution in [0.5, 0.6) is 0 Å². The highest BCUT2D eigenvalue weighted by atomic mass is 16.4. The third kappa shape index (κ3) is 4.70. The maximum Gasteiger partial charge on any atom is 0.303 e. The molecule has 2 N–H and O–H groups in total. The molecule has 1 heterocycles. The van der Waals surface area contributed by atoms with E-state index in [1.54, 1.807) is 11.9 Å². The number of piperazine rings is 1. The van der Waals surface area contributed by atoms with E-state index in [1.165, 1.54) is 0 Å². The molecule has 0 unspecified atom stereocenters. The summed E-state index contributed by atoms with van der Waals surface area (Å²) >= 11 is 0. The highest BCUT2D eigenvalue weighted by Crippen LogP contribution is 2.05. The summed E-state index contributed by atoms with van der Waals surface area (Å²) in [5.74, 6) is -1.13. The van der Waals surface area contributed by atoms with Crippen molar-refractivity contribution in [2.75, 3.05) is 39.8 Å². The minimum absolute atomic E-state index is 0.0411. The number of carbonyl (C=O) groups is 3. The Bertz CT molecular complexity index is 324. The third-order valence-electron chi connectivity index (χ3n) is 2.92. The molecule has 1 aliphatic heterocycles. The van der Waals surface area contributed by atoms with Crippen LogP contribution in [0.25, 0.3) is 0 Å². The number of hydrogen-bond acceptors (Lipinski definition) is 4. The predicted octanol–water partition coefficient (Wildman–Crippen LogP) is -1.26. The minimum atomic E-state index is -0.957. The molecule has 1 rings (SSSR count). The quantitative estimate of drug-likeness (QED) is 0.641. The van der Waals surface area contributed by atoms with Gasteiger partial charge in [-0.1, -0.05) is 0 Å². The van der Waals surface area contributed by atoms with Crippen molar-refractivity contribution in [3.05, 3.63) is 0 Å². The van der Waals surface area contributed by atoms with E-state index in [4.69, 9.17) is 5.11 Å². The van der Waals surface area contributed by atoms with Crippen molar-refractivity contribution in [2.24, 2.45) is 0 Å². The van der Waals surface area contributed by atoms with Crippen LogP contribution < -0.4 is 5.32 Å². The zero-order valence-electron chi connectivity index (χ0n) is 10.5. The molecule has 1 aliphatic rings. The fourth-order valence-corrected chi connectivity index (χ4v) is 1.81. The summed E-state index contributed by atoms with van der Waals surface area (Å²) in [4.78, 5) is 36.8. The molecule has 0 aromatic carbocycles. The molecule has 0 spiro atoms. The number of hydrogen-bond donors (Lipinski definition) is 2. The first-order valence-electron chi connectivity index (χ1n) is 5.95. The average molecular weight is 257 g/mol. The lowest BCUT2D eigenvalue weighted by atomic mass is 10.2. The van der Waals surface area contributed by atoms with Gasteiger partial charge in [0.2, 0.25) is 11.8 Å². The number of rotatable bonds is 5. The Hall–Kier alpha value is -1.63. The first-order chi connectivity index (χ1) is 8.52. The van der Waals surface area contributed by atoms with E-state index in [0.29, 0.717) is 32.7 Å². The van der Waals surface area contributed by atoms with Crippen LogP contribution >= 0.6 is 0 Å². The van der Waals surface area contributed by atoms with Gasteiger partial charge in [-0.25, -0.2) is 0 Å². The van der Waals surface area contributed by atoms with Gasteiger partial charge in [0.1, 0.15) is 0 Å². The van der Waals surface area contributed by atoms with Crippen molar-refractivity contribution in [3.63, 3.8) is 0 Å². The molecule has 0 aliphatic carbocycles. The molecule has 18 heavy (non-hydrogen) atoms. The second-order valence-corrected chi connectivity index (χ2v) is 4.22. The Morgan fingerprint density at radius 2 is 1.72 bits per heavy atom. The van der Waals surface area contributed by atoms with Gasteiger partial charge in [0.05, 0.1) is 13.0 Å². The molecule has 0 saturated carbocycles. The van der Waals surface area contributed by atoms with Crippen LogP contribution in [0, 0.1) is 0 Å². The second-order valence-electron chi connectivity index (χ2n) is 4.22. The normalized spacial score (nSPS) is 16.4. The fourth-order valence-electron chi connectivity index (χ4n) is 1.81. The predicted molar refractivity (Wildman–Crippen MR) is 64.0 cm³/mol. The summed E-state index contributed by atoms with van der Waals surface area (Å²) < 4.78 is 0. The Morgan fingerprint density at radius 3 is 2.22 bits per heavy atom. The highest BCUT2D eigenvalue weighted by molar-refractivity contribution is 5.81. The summed E-state index contributed by atoms with van der Waals surface area (Å²) in [5.41, 5.74) is 0. The van der Waals surface area contributed by atoms with E-state index < -0.39 is 5.97 Å². The molecule has 0 aromatic heterocycles. The molecule has 1 saturated heterocycles. The van der Waals surface area contributed by atoms with Gasteiger partial charge in [-0.05, 0) is 0 Å². The van der Waals surface area contributed by atoms with Gasteiger partial charge in [0.15, 0.2) is 0 Å². The molecule has 7 heteroatoms. The SMILES string of the molecule is CNC(=O)CN1CCN(C(=O)CCC(=O)O)CC1. The summed E-state index contributed by atoms with van der Waals surface area (Å²) in [6, 6.07) is 0. The Balaban J connectivity index is 2.28. The lowest BCUT2D eigenvalue weighted by Gasteiger charge is -2.34. The minimum Gasteiger partial charge on any atom is -0.481 e. The highest BCUT2D eigenvalue weighted by Gasteiger charge is 2.22. The lowest BCUT2D eigenvalue weighted by Crippen LogP contribution is -2.50. The van der Waals surface area contributed by atoms with Crippen molar-refractivity contribution in [1.82, 2.24) is 15.1 Å². The molecule has 2 amide bonds. The summed E-state index contributed by atoms with van der Waals surface area (Å²) in [7, 11) is 1.59. The first kappa shape index (κ1) is 14.4. The van der Waals surface area contributed by atoms with Crippen LogP contribution in [-0.4, -0.2) is 72.5 Å². The molecule has 0 radical (unpaired) electrons. The molecule has 102 valence electrons. The van der Waals surface area contributed by atoms with E-state index in [9.17, 15) is 14.4 Å². The van der Waals surface area contributed by atoms with E-state index in [1.807, 2.05) is 4.90 Å². The lowest BCUT2D eigenvalue weighted by molar-refractivity contribution is -0.141. The number of likely N-dealkylation sites (N-methyl/N-ethyl adjacent to an activating group) is 1. The Kier molecular flexibility index (Phi) is 5.57. The summed E-state index contributed by atoms with van der Waals surface area (Å²) in [6.45, 7) is 2.73. The van der Waals surface area contributed by atoms with Crippen molar-refractivity contribution in [1.29, 1.82) is 0 Å². The van der Waals surface area contributed by atoms with Crippen molar-refractivity contribution < 1.29 is 19.5 Å². The van der Waals surface area contributed by atoms with Crippen LogP contribution in [0.3, 0.4) is 0 Å². The van der Waals surface area contributed by atoms with Crippen LogP contribution in [0.15, 0.2) is 0 Å².